The van der Waals surface area contributed by atoms with Gasteiger partial charge in [0, 0.05) is 25.0 Å². The summed E-state index contributed by atoms with van der Waals surface area (Å²) in [5.41, 5.74) is 0.758. The Labute approximate surface area is 140 Å². The minimum atomic E-state index is -3.43. The number of carbonyl (C=O) groups excluding carboxylic acids is 1. The Morgan fingerprint density at radius 1 is 1.22 bits per heavy atom. The zero-order chi connectivity index (χ0) is 16.9. The summed E-state index contributed by atoms with van der Waals surface area (Å²) in [6.07, 6.45) is 3.08. The average molecular weight is 350 g/mol. The van der Waals surface area contributed by atoms with Crippen LogP contribution < -0.4 is 5.32 Å². The van der Waals surface area contributed by atoms with Crippen molar-refractivity contribution >= 4 is 33.3 Å². The molecule has 7 heteroatoms. The monoisotopic (exact) mass is 350 g/mol. The number of rotatable bonds is 6. The summed E-state index contributed by atoms with van der Waals surface area (Å²) in [6, 6.07) is 10.3. The van der Waals surface area contributed by atoms with Gasteiger partial charge < -0.3 is 5.32 Å². The van der Waals surface area contributed by atoms with E-state index >= 15 is 0 Å². The van der Waals surface area contributed by atoms with Crippen molar-refractivity contribution in [3.63, 3.8) is 0 Å². The van der Waals surface area contributed by atoms with Crippen LogP contribution >= 0.6 is 11.3 Å². The highest BCUT2D eigenvalue weighted by molar-refractivity contribution is 7.89. The Kier molecular flexibility index (Phi) is 5.70. The van der Waals surface area contributed by atoms with Crippen LogP contribution in [0.3, 0.4) is 0 Å². The lowest BCUT2D eigenvalue weighted by atomic mass is 10.2. The van der Waals surface area contributed by atoms with E-state index in [1.165, 1.54) is 32.3 Å². The second-order valence-electron chi connectivity index (χ2n) is 4.99. The molecule has 1 N–H and O–H groups in total. The first-order chi connectivity index (χ1) is 10.9. The Hall–Kier alpha value is -1.96. The van der Waals surface area contributed by atoms with Crippen molar-refractivity contribution in [2.24, 2.45) is 0 Å². The summed E-state index contributed by atoms with van der Waals surface area (Å²) in [4.78, 5) is 13.0. The van der Waals surface area contributed by atoms with Gasteiger partial charge in [-0.15, -0.1) is 11.3 Å². The number of amides is 1. The largest absolute Gasteiger partial charge is 0.348 e. The molecule has 0 bridgehead atoms. The minimum absolute atomic E-state index is 0.191. The third kappa shape index (κ3) is 4.75. The van der Waals surface area contributed by atoms with Crippen LogP contribution in [0, 0.1) is 0 Å². The molecule has 0 atom stereocenters. The molecule has 0 fully saturated rings. The standard InChI is InChI=1S/C16H18N2O3S2/c1-18(2)23(20,21)15-8-5-13(6-9-15)7-10-16(19)17-12-14-4-3-11-22-14/h3-11H,12H2,1-2H3,(H,17,19)/b10-7+. The third-order valence-electron chi connectivity index (χ3n) is 3.10. The average Bonchev–Trinajstić information content (AvgIpc) is 3.04. The summed E-state index contributed by atoms with van der Waals surface area (Å²) in [7, 11) is -0.453. The molecule has 2 rings (SSSR count). The van der Waals surface area contributed by atoms with Crippen LogP contribution in [0.2, 0.25) is 0 Å². The summed E-state index contributed by atoms with van der Waals surface area (Å²) in [5, 5.41) is 4.75. The van der Waals surface area contributed by atoms with Gasteiger partial charge in [-0.3, -0.25) is 4.79 Å². The van der Waals surface area contributed by atoms with Crippen molar-refractivity contribution in [1.82, 2.24) is 9.62 Å². The fourth-order valence-corrected chi connectivity index (χ4v) is 3.33. The quantitative estimate of drug-likeness (QED) is 0.813. The molecule has 0 aliphatic rings. The van der Waals surface area contributed by atoms with E-state index in [1.807, 2.05) is 17.5 Å². The Bertz CT molecular complexity index is 777. The van der Waals surface area contributed by atoms with Gasteiger partial charge in [0.1, 0.15) is 0 Å². The van der Waals surface area contributed by atoms with Crippen LogP contribution in [-0.4, -0.2) is 32.7 Å². The van der Waals surface area contributed by atoms with Crippen molar-refractivity contribution in [3.05, 3.63) is 58.3 Å². The minimum Gasteiger partial charge on any atom is -0.348 e. The lowest BCUT2D eigenvalue weighted by molar-refractivity contribution is -0.116. The lowest BCUT2D eigenvalue weighted by Gasteiger charge is -2.11. The molecule has 122 valence electrons. The van der Waals surface area contributed by atoms with Crippen molar-refractivity contribution in [2.45, 2.75) is 11.4 Å². The molecule has 0 saturated heterocycles. The van der Waals surface area contributed by atoms with Crippen molar-refractivity contribution in [3.8, 4) is 0 Å². The molecule has 1 amide bonds. The molecular weight excluding hydrogens is 332 g/mol. The van der Waals surface area contributed by atoms with E-state index in [-0.39, 0.29) is 10.8 Å². The van der Waals surface area contributed by atoms with Crippen LogP contribution in [-0.2, 0) is 21.4 Å². The van der Waals surface area contributed by atoms with Crippen LogP contribution in [0.25, 0.3) is 6.08 Å². The van der Waals surface area contributed by atoms with E-state index in [0.717, 1.165) is 14.7 Å². The van der Waals surface area contributed by atoms with Gasteiger partial charge in [-0.25, -0.2) is 12.7 Å². The predicted octanol–water partition coefficient (Wildman–Crippen LogP) is 2.33. The summed E-state index contributed by atoms with van der Waals surface area (Å²) >= 11 is 1.59. The zero-order valence-corrected chi connectivity index (χ0v) is 14.5. The SMILES string of the molecule is CN(C)S(=O)(=O)c1ccc(/C=C/C(=O)NCc2cccs2)cc1. The van der Waals surface area contributed by atoms with Gasteiger partial charge in [0.15, 0.2) is 0 Å². The van der Waals surface area contributed by atoms with E-state index in [4.69, 9.17) is 0 Å². The molecule has 0 unspecified atom stereocenters. The molecule has 1 heterocycles. The summed E-state index contributed by atoms with van der Waals surface area (Å²) < 4.78 is 25.1. The highest BCUT2D eigenvalue weighted by atomic mass is 32.2. The van der Waals surface area contributed by atoms with Crippen LogP contribution in [0.1, 0.15) is 10.4 Å². The number of sulfonamides is 1. The van der Waals surface area contributed by atoms with E-state index in [1.54, 1.807) is 29.5 Å². The second kappa shape index (κ2) is 7.54. The lowest BCUT2D eigenvalue weighted by Crippen LogP contribution is -2.22. The topological polar surface area (TPSA) is 66.5 Å². The molecule has 0 aliphatic carbocycles. The normalized spacial score (nSPS) is 12.0. The maximum atomic E-state index is 12.0. The van der Waals surface area contributed by atoms with Gasteiger partial charge in [-0.1, -0.05) is 18.2 Å². The highest BCUT2D eigenvalue weighted by Crippen LogP contribution is 2.14. The molecule has 0 saturated carbocycles. The predicted molar refractivity (Wildman–Crippen MR) is 92.5 cm³/mol. The molecule has 5 nitrogen and oxygen atoms in total. The first-order valence-electron chi connectivity index (χ1n) is 6.90. The molecular formula is C16H18N2O3S2. The number of thiophene rings is 1. The highest BCUT2D eigenvalue weighted by Gasteiger charge is 2.16. The summed E-state index contributed by atoms with van der Waals surface area (Å²) in [6.45, 7) is 0.501. The van der Waals surface area contributed by atoms with E-state index in [0.29, 0.717) is 6.54 Å². The smallest absolute Gasteiger partial charge is 0.244 e. The third-order valence-corrected chi connectivity index (χ3v) is 5.81. The van der Waals surface area contributed by atoms with Gasteiger partial charge in [0.2, 0.25) is 15.9 Å². The number of hydrogen-bond acceptors (Lipinski definition) is 4. The number of benzene rings is 1. The van der Waals surface area contributed by atoms with Gasteiger partial charge in [-0.2, -0.15) is 0 Å². The fraction of sp³-hybridized carbons (Fsp3) is 0.188. The van der Waals surface area contributed by atoms with Gasteiger partial charge in [0.05, 0.1) is 11.4 Å². The molecule has 2 aromatic rings. The molecule has 0 spiro atoms. The zero-order valence-electron chi connectivity index (χ0n) is 12.9. The molecule has 0 aliphatic heterocycles. The molecule has 1 aromatic carbocycles. The van der Waals surface area contributed by atoms with E-state index < -0.39 is 10.0 Å². The number of hydrogen-bond donors (Lipinski definition) is 1. The van der Waals surface area contributed by atoms with E-state index in [9.17, 15) is 13.2 Å². The maximum Gasteiger partial charge on any atom is 0.244 e. The maximum absolute atomic E-state index is 12.0. The van der Waals surface area contributed by atoms with Gasteiger partial charge in [-0.05, 0) is 35.2 Å². The first-order valence-corrected chi connectivity index (χ1v) is 9.22. The Morgan fingerprint density at radius 2 is 1.91 bits per heavy atom. The molecule has 23 heavy (non-hydrogen) atoms. The van der Waals surface area contributed by atoms with Gasteiger partial charge in [0.25, 0.3) is 0 Å². The Balaban J connectivity index is 1.96. The fourth-order valence-electron chi connectivity index (χ4n) is 1.78. The summed E-state index contributed by atoms with van der Waals surface area (Å²) in [5.74, 6) is -0.191. The molecule has 0 radical (unpaired) electrons. The van der Waals surface area contributed by atoms with Gasteiger partial charge >= 0.3 is 0 Å². The van der Waals surface area contributed by atoms with Crippen LogP contribution in [0.15, 0.2) is 52.7 Å². The van der Waals surface area contributed by atoms with Crippen LogP contribution in [0.4, 0.5) is 0 Å². The molecule has 1 aromatic heterocycles. The van der Waals surface area contributed by atoms with Crippen molar-refractivity contribution < 1.29 is 13.2 Å². The number of nitrogens with one attached hydrogen (secondary N) is 1. The first kappa shape index (κ1) is 17.4. The second-order valence-corrected chi connectivity index (χ2v) is 8.17. The van der Waals surface area contributed by atoms with E-state index in [2.05, 4.69) is 5.32 Å². The number of carbonyl (C=O) groups is 1. The van der Waals surface area contributed by atoms with Crippen molar-refractivity contribution in [1.29, 1.82) is 0 Å². The number of nitrogens with zero attached hydrogens (tertiary/aromatic N) is 1. The van der Waals surface area contributed by atoms with Crippen molar-refractivity contribution in [2.75, 3.05) is 14.1 Å². The Morgan fingerprint density at radius 3 is 2.48 bits per heavy atom. The van der Waals surface area contributed by atoms with Crippen LogP contribution in [0.5, 0.6) is 0 Å².